The lowest BCUT2D eigenvalue weighted by molar-refractivity contribution is -0.167. The highest BCUT2D eigenvalue weighted by Crippen LogP contribution is 2.17. The molecule has 0 saturated heterocycles. The molecule has 0 rings (SSSR count). The zero-order valence-corrected chi connectivity index (χ0v) is 49.1. The third kappa shape index (κ3) is 59.7. The average molecular weight is 1030 g/mol. The molecule has 0 aromatic rings. The highest BCUT2D eigenvalue weighted by Gasteiger charge is 2.19. The molecule has 6 nitrogen and oxygen atoms in total. The minimum atomic E-state index is -0.780. The van der Waals surface area contributed by atoms with Crippen molar-refractivity contribution < 1.29 is 28.6 Å². The number of allylic oxidation sites excluding steroid dienone is 12. The molecule has 0 amide bonds. The van der Waals surface area contributed by atoms with Crippen molar-refractivity contribution in [3.05, 3.63) is 72.9 Å². The number of carbonyl (C=O) groups is 3. The van der Waals surface area contributed by atoms with Gasteiger partial charge in [0, 0.05) is 19.3 Å². The lowest BCUT2D eigenvalue weighted by Gasteiger charge is -2.18. The summed E-state index contributed by atoms with van der Waals surface area (Å²) in [5.74, 6) is -0.875. The summed E-state index contributed by atoms with van der Waals surface area (Å²) in [6, 6.07) is 0. The van der Waals surface area contributed by atoms with Crippen molar-refractivity contribution in [2.24, 2.45) is 0 Å². The Labute approximate surface area is 459 Å². The highest BCUT2D eigenvalue weighted by atomic mass is 16.6. The summed E-state index contributed by atoms with van der Waals surface area (Å²) in [6.45, 7) is 6.51. The largest absolute Gasteiger partial charge is 0.462 e. The molecule has 0 aromatic heterocycles. The van der Waals surface area contributed by atoms with Crippen molar-refractivity contribution in [1.29, 1.82) is 0 Å². The standard InChI is InChI=1S/C68H120O6/c1-4-7-10-13-16-19-22-25-27-28-29-30-31-32-33-34-35-36-37-38-39-40-41-44-46-49-52-55-58-61-67(70)73-64-65(63-72-66(69)60-57-54-51-48-45-42-24-21-18-15-12-9-6-3)74-68(71)62-59-56-53-50-47-43-26-23-20-17-14-11-8-5-2/h7,10,14,16-17,19,23,25-27,29-30,65H,4-6,8-9,11-13,15,18,20-22,24,28,31-64H2,1-3H3/b10-7-,17-14-,19-16-,26-23-,27-25-,30-29-. The van der Waals surface area contributed by atoms with Crippen molar-refractivity contribution in [2.45, 2.75) is 329 Å². The molecule has 0 N–H and O–H groups in total. The number of rotatable bonds is 58. The molecule has 0 fully saturated rings. The molecule has 1 unspecified atom stereocenters. The first kappa shape index (κ1) is 70.8. The maximum atomic E-state index is 12.9. The highest BCUT2D eigenvalue weighted by molar-refractivity contribution is 5.71. The van der Waals surface area contributed by atoms with Crippen molar-refractivity contribution in [3.63, 3.8) is 0 Å². The summed E-state index contributed by atoms with van der Waals surface area (Å²) in [7, 11) is 0. The molecule has 0 aliphatic carbocycles. The van der Waals surface area contributed by atoms with Gasteiger partial charge in [-0.25, -0.2) is 0 Å². The molecule has 0 saturated carbocycles. The van der Waals surface area contributed by atoms with E-state index in [0.717, 1.165) is 109 Å². The molecule has 0 aromatic carbocycles. The fourth-order valence-electron chi connectivity index (χ4n) is 9.16. The van der Waals surface area contributed by atoms with Gasteiger partial charge in [-0.3, -0.25) is 14.4 Å². The monoisotopic (exact) mass is 1030 g/mol. The van der Waals surface area contributed by atoms with Crippen LogP contribution in [0.1, 0.15) is 323 Å². The van der Waals surface area contributed by atoms with Crippen LogP contribution in [0.2, 0.25) is 0 Å². The minimum Gasteiger partial charge on any atom is -0.462 e. The molecular formula is C68H120O6. The van der Waals surface area contributed by atoms with Crippen LogP contribution >= 0.6 is 0 Å². The first-order valence-electron chi connectivity index (χ1n) is 31.9. The third-order valence-electron chi connectivity index (χ3n) is 13.9. The molecule has 1 atom stereocenters. The topological polar surface area (TPSA) is 78.9 Å². The van der Waals surface area contributed by atoms with Crippen LogP contribution in [-0.2, 0) is 28.6 Å². The molecule has 0 spiro atoms. The lowest BCUT2D eigenvalue weighted by Crippen LogP contribution is -2.30. The van der Waals surface area contributed by atoms with Gasteiger partial charge in [-0.05, 0) is 83.5 Å². The Morgan fingerprint density at radius 1 is 0.284 bits per heavy atom. The van der Waals surface area contributed by atoms with E-state index < -0.39 is 6.10 Å². The van der Waals surface area contributed by atoms with Crippen LogP contribution in [0, 0.1) is 0 Å². The van der Waals surface area contributed by atoms with Gasteiger partial charge < -0.3 is 14.2 Å². The van der Waals surface area contributed by atoms with Gasteiger partial charge in [0.05, 0.1) is 0 Å². The smallest absolute Gasteiger partial charge is 0.306 e. The van der Waals surface area contributed by atoms with E-state index in [2.05, 4.69) is 93.7 Å². The summed E-state index contributed by atoms with van der Waals surface area (Å²) in [4.78, 5) is 38.2. The molecule has 74 heavy (non-hydrogen) atoms. The van der Waals surface area contributed by atoms with E-state index in [1.54, 1.807) is 0 Å². The first-order valence-corrected chi connectivity index (χ1v) is 31.9. The van der Waals surface area contributed by atoms with Gasteiger partial charge in [-0.1, -0.05) is 293 Å². The Morgan fingerprint density at radius 2 is 0.541 bits per heavy atom. The van der Waals surface area contributed by atoms with E-state index in [4.69, 9.17) is 14.2 Å². The second kappa shape index (κ2) is 62.4. The maximum Gasteiger partial charge on any atom is 0.306 e. The molecular weight excluding hydrogens is 913 g/mol. The quantitative estimate of drug-likeness (QED) is 0.0261. The Morgan fingerprint density at radius 3 is 0.865 bits per heavy atom. The molecule has 0 aliphatic heterocycles. The van der Waals surface area contributed by atoms with Gasteiger partial charge in [0.25, 0.3) is 0 Å². The second-order valence-electron chi connectivity index (χ2n) is 21.3. The zero-order valence-electron chi connectivity index (χ0n) is 49.1. The molecule has 0 aliphatic rings. The van der Waals surface area contributed by atoms with E-state index in [-0.39, 0.29) is 31.1 Å². The van der Waals surface area contributed by atoms with Crippen LogP contribution in [0.4, 0.5) is 0 Å². The van der Waals surface area contributed by atoms with E-state index in [0.29, 0.717) is 19.3 Å². The summed E-state index contributed by atoms with van der Waals surface area (Å²) in [5.41, 5.74) is 0. The van der Waals surface area contributed by atoms with Gasteiger partial charge in [0.2, 0.25) is 0 Å². The fraction of sp³-hybridized carbons (Fsp3) is 0.779. The zero-order chi connectivity index (χ0) is 53.6. The van der Waals surface area contributed by atoms with Crippen molar-refractivity contribution >= 4 is 17.9 Å². The van der Waals surface area contributed by atoms with Gasteiger partial charge in [-0.2, -0.15) is 0 Å². The van der Waals surface area contributed by atoms with Crippen LogP contribution in [0.3, 0.4) is 0 Å². The summed E-state index contributed by atoms with van der Waals surface area (Å²) in [5, 5.41) is 0. The third-order valence-corrected chi connectivity index (χ3v) is 13.9. The van der Waals surface area contributed by atoms with Gasteiger partial charge in [-0.15, -0.1) is 0 Å². The van der Waals surface area contributed by atoms with Crippen LogP contribution < -0.4 is 0 Å². The summed E-state index contributed by atoms with van der Waals surface area (Å²) >= 11 is 0. The SMILES string of the molecule is CC/C=C\C/C=C\C/C=C\C/C=C\CCCCCCCCCCCCCCCCCCC(=O)OCC(COC(=O)CCCCCCCCCCCCCCC)OC(=O)CCCCCCC/C=C\C/C=C\CCCC. The molecule has 6 heteroatoms. The predicted molar refractivity (Wildman–Crippen MR) is 321 cm³/mol. The second-order valence-corrected chi connectivity index (χ2v) is 21.3. The van der Waals surface area contributed by atoms with E-state index in [1.165, 1.54) is 173 Å². The molecule has 0 bridgehead atoms. The van der Waals surface area contributed by atoms with Crippen molar-refractivity contribution in [1.82, 2.24) is 0 Å². The maximum absolute atomic E-state index is 12.9. The Bertz CT molecular complexity index is 1370. The summed E-state index contributed by atoms with van der Waals surface area (Å²) in [6.07, 6.45) is 80.6. The average Bonchev–Trinajstić information content (AvgIpc) is 3.40. The van der Waals surface area contributed by atoms with Gasteiger partial charge >= 0.3 is 17.9 Å². The Hall–Kier alpha value is -3.15. The van der Waals surface area contributed by atoms with Crippen molar-refractivity contribution in [2.75, 3.05) is 13.2 Å². The fourth-order valence-corrected chi connectivity index (χ4v) is 9.16. The van der Waals surface area contributed by atoms with E-state index in [1.807, 2.05) is 0 Å². The number of carbonyl (C=O) groups excluding carboxylic acids is 3. The number of hydrogen-bond acceptors (Lipinski definition) is 6. The number of hydrogen-bond donors (Lipinski definition) is 0. The Balaban J connectivity index is 4.18. The van der Waals surface area contributed by atoms with Crippen LogP contribution in [0.5, 0.6) is 0 Å². The minimum absolute atomic E-state index is 0.0764. The number of esters is 3. The lowest BCUT2D eigenvalue weighted by atomic mass is 10.0. The van der Waals surface area contributed by atoms with Gasteiger partial charge in [0.15, 0.2) is 6.10 Å². The van der Waals surface area contributed by atoms with E-state index >= 15 is 0 Å². The molecule has 428 valence electrons. The normalized spacial score (nSPS) is 12.5. The van der Waals surface area contributed by atoms with Crippen LogP contribution in [-0.4, -0.2) is 37.2 Å². The van der Waals surface area contributed by atoms with Crippen LogP contribution in [0.25, 0.3) is 0 Å². The Kier molecular flexibility index (Phi) is 59.7. The summed E-state index contributed by atoms with van der Waals surface area (Å²) < 4.78 is 16.9. The van der Waals surface area contributed by atoms with Crippen molar-refractivity contribution in [3.8, 4) is 0 Å². The van der Waals surface area contributed by atoms with E-state index in [9.17, 15) is 14.4 Å². The first-order chi connectivity index (χ1) is 36.5. The predicted octanol–water partition coefficient (Wildman–Crippen LogP) is 21.7. The number of unbranched alkanes of at least 4 members (excludes halogenated alkanes) is 35. The van der Waals surface area contributed by atoms with Gasteiger partial charge in [0.1, 0.15) is 13.2 Å². The molecule has 0 radical (unpaired) electrons. The molecule has 0 heterocycles. The van der Waals surface area contributed by atoms with Crippen LogP contribution in [0.15, 0.2) is 72.9 Å². The number of ether oxygens (including phenoxy) is 3.